The summed E-state index contributed by atoms with van der Waals surface area (Å²) in [6.45, 7) is 0.282. The van der Waals surface area contributed by atoms with Gasteiger partial charge in [-0.05, 0) is 17.7 Å². The number of ether oxygens (including phenoxy) is 2. The molecule has 0 bridgehead atoms. The van der Waals surface area contributed by atoms with E-state index in [-0.39, 0.29) is 6.61 Å². The van der Waals surface area contributed by atoms with Crippen LogP contribution in [-0.4, -0.2) is 20.1 Å². The first kappa shape index (κ1) is 14.9. The lowest BCUT2D eigenvalue weighted by Gasteiger charge is -2.12. The van der Waals surface area contributed by atoms with Gasteiger partial charge in [0, 0.05) is 0 Å². The van der Waals surface area contributed by atoms with Gasteiger partial charge in [-0.15, -0.1) is 0 Å². The fourth-order valence-electron chi connectivity index (χ4n) is 1.89. The summed E-state index contributed by atoms with van der Waals surface area (Å²) in [5, 5.41) is 0. The number of methoxy groups -OCH3 is 2. The molecule has 21 heavy (non-hydrogen) atoms. The van der Waals surface area contributed by atoms with Crippen LogP contribution < -0.4 is 15.0 Å². The van der Waals surface area contributed by atoms with Crippen LogP contribution in [0.1, 0.15) is 15.9 Å². The number of rotatable bonds is 6. The summed E-state index contributed by atoms with van der Waals surface area (Å²) in [7, 11) is 2.99. The monoisotopic (exact) mass is 287 g/mol. The molecule has 0 aliphatic heterocycles. The van der Waals surface area contributed by atoms with Crippen LogP contribution in [0, 0.1) is 0 Å². The lowest BCUT2D eigenvalue weighted by Crippen LogP contribution is -2.24. The van der Waals surface area contributed by atoms with Crippen LogP contribution in [0.25, 0.3) is 0 Å². The predicted octanol–water partition coefficient (Wildman–Crippen LogP) is 2.57. The van der Waals surface area contributed by atoms with Crippen molar-refractivity contribution in [3.05, 3.63) is 59.7 Å². The van der Waals surface area contributed by atoms with Gasteiger partial charge < -0.3 is 9.47 Å². The van der Waals surface area contributed by atoms with Crippen LogP contribution in [-0.2, 0) is 11.4 Å². The molecule has 2 aromatic rings. The van der Waals surface area contributed by atoms with Crippen LogP contribution in [0.2, 0.25) is 0 Å². The maximum atomic E-state index is 12.2. The van der Waals surface area contributed by atoms with Gasteiger partial charge in [-0.25, -0.2) is 5.48 Å². The minimum absolute atomic E-state index is 0.282. The van der Waals surface area contributed by atoms with E-state index in [9.17, 15) is 4.79 Å². The normalized spacial score (nSPS) is 10.0. The van der Waals surface area contributed by atoms with Crippen molar-refractivity contribution in [2.45, 2.75) is 6.61 Å². The summed E-state index contributed by atoms with van der Waals surface area (Å²) in [5.74, 6) is 0.436. The van der Waals surface area contributed by atoms with E-state index >= 15 is 0 Å². The largest absolute Gasteiger partial charge is 0.496 e. The molecule has 110 valence electrons. The fourth-order valence-corrected chi connectivity index (χ4v) is 1.89. The smallest absolute Gasteiger partial charge is 0.282 e. The summed E-state index contributed by atoms with van der Waals surface area (Å²) >= 11 is 0. The number of carbonyl (C=O) groups is 1. The van der Waals surface area contributed by atoms with Gasteiger partial charge in [0.05, 0.1) is 20.8 Å². The van der Waals surface area contributed by atoms with E-state index in [0.29, 0.717) is 17.1 Å². The molecule has 0 aliphatic carbocycles. The number of carbonyl (C=O) groups excluding carboxylic acids is 1. The summed E-state index contributed by atoms with van der Waals surface area (Å²) in [4.78, 5) is 17.4. The van der Waals surface area contributed by atoms with Crippen molar-refractivity contribution in [3.8, 4) is 11.5 Å². The van der Waals surface area contributed by atoms with Crippen LogP contribution in [0.15, 0.2) is 48.5 Å². The van der Waals surface area contributed by atoms with Crippen LogP contribution in [0.4, 0.5) is 0 Å². The minimum Gasteiger partial charge on any atom is -0.496 e. The van der Waals surface area contributed by atoms with Gasteiger partial charge in [0.15, 0.2) is 0 Å². The van der Waals surface area contributed by atoms with Gasteiger partial charge in [-0.1, -0.05) is 36.4 Å². The average molecular weight is 287 g/mol. The molecule has 2 rings (SSSR count). The number of nitrogens with one attached hydrogen (secondary N) is 1. The second-order valence-corrected chi connectivity index (χ2v) is 4.24. The Morgan fingerprint density at radius 1 is 0.952 bits per heavy atom. The topological polar surface area (TPSA) is 56.8 Å². The van der Waals surface area contributed by atoms with Crippen molar-refractivity contribution in [3.63, 3.8) is 0 Å². The molecule has 0 atom stereocenters. The number of amides is 1. The highest BCUT2D eigenvalue weighted by Crippen LogP contribution is 2.27. The Balaban J connectivity index is 2.03. The Bertz CT molecular complexity index is 576. The third-order valence-electron chi connectivity index (χ3n) is 2.90. The van der Waals surface area contributed by atoms with Crippen LogP contribution in [0.3, 0.4) is 0 Å². The molecular formula is C16H17NO4. The predicted molar refractivity (Wildman–Crippen MR) is 78.2 cm³/mol. The highest BCUT2D eigenvalue weighted by atomic mass is 16.7. The number of hydrogen-bond donors (Lipinski definition) is 1. The van der Waals surface area contributed by atoms with Gasteiger partial charge >= 0.3 is 0 Å². The van der Waals surface area contributed by atoms with E-state index in [4.69, 9.17) is 14.3 Å². The number of hydrogen-bond acceptors (Lipinski definition) is 4. The molecule has 5 nitrogen and oxygen atoms in total. The third kappa shape index (κ3) is 3.73. The van der Waals surface area contributed by atoms with E-state index in [1.54, 1.807) is 18.2 Å². The zero-order valence-corrected chi connectivity index (χ0v) is 12.0. The zero-order valence-electron chi connectivity index (χ0n) is 12.0. The van der Waals surface area contributed by atoms with E-state index < -0.39 is 5.91 Å². The van der Waals surface area contributed by atoms with E-state index in [1.807, 2.05) is 30.3 Å². The zero-order chi connectivity index (χ0) is 15.1. The van der Waals surface area contributed by atoms with Crippen LogP contribution >= 0.6 is 0 Å². The second-order valence-electron chi connectivity index (χ2n) is 4.24. The molecule has 0 saturated heterocycles. The second kappa shape index (κ2) is 7.31. The summed E-state index contributed by atoms with van der Waals surface area (Å²) in [6.07, 6.45) is 0. The molecule has 1 N–H and O–H groups in total. The summed E-state index contributed by atoms with van der Waals surface area (Å²) < 4.78 is 10.4. The van der Waals surface area contributed by atoms with Crippen molar-refractivity contribution in [2.75, 3.05) is 14.2 Å². The molecule has 0 fully saturated rings. The lowest BCUT2D eigenvalue weighted by atomic mass is 10.1. The highest BCUT2D eigenvalue weighted by Gasteiger charge is 2.18. The Kier molecular flexibility index (Phi) is 5.17. The van der Waals surface area contributed by atoms with Crippen molar-refractivity contribution in [2.24, 2.45) is 0 Å². The van der Waals surface area contributed by atoms with Gasteiger partial charge in [0.2, 0.25) is 0 Å². The van der Waals surface area contributed by atoms with Crippen molar-refractivity contribution >= 4 is 5.91 Å². The van der Waals surface area contributed by atoms with E-state index in [0.717, 1.165) is 5.56 Å². The van der Waals surface area contributed by atoms with E-state index in [1.165, 1.54) is 14.2 Å². The number of hydroxylamine groups is 1. The first-order valence-electron chi connectivity index (χ1n) is 6.43. The maximum Gasteiger partial charge on any atom is 0.282 e. The molecule has 1 amide bonds. The van der Waals surface area contributed by atoms with Gasteiger partial charge in [-0.3, -0.25) is 9.63 Å². The lowest BCUT2D eigenvalue weighted by molar-refractivity contribution is 0.0229. The average Bonchev–Trinajstić information content (AvgIpc) is 2.54. The molecule has 0 spiro atoms. The van der Waals surface area contributed by atoms with Gasteiger partial charge in [0.25, 0.3) is 5.91 Å². The molecule has 0 heterocycles. The molecule has 0 aliphatic rings. The molecule has 5 heteroatoms. The maximum absolute atomic E-state index is 12.2. The molecule has 0 unspecified atom stereocenters. The van der Waals surface area contributed by atoms with Crippen LogP contribution in [0.5, 0.6) is 11.5 Å². The van der Waals surface area contributed by atoms with Crippen molar-refractivity contribution < 1.29 is 19.1 Å². The molecular weight excluding hydrogens is 270 g/mol. The van der Waals surface area contributed by atoms with Crippen molar-refractivity contribution in [1.29, 1.82) is 0 Å². The number of benzene rings is 2. The standard InChI is InChI=1S/C16H17NO4/c1-19-13-9-6-10-14(20-2)15(13)16(18)17-21-11-12-7-4-3-5-8-12/h3-10H,11H2,1-2H3,(H,17,18). The quantitative estimate of drug-likeness (QED) is 0.830. The summed E-state index contributed by atoms with van der Waals surface area (Å²) in [5.41, 5.74) is 3.66. The SMILES string of the molecule is COc1cccc(OC)c1C(=O)NOCc1ccccc1. The highest BCUT2D eigenvalue weighted by molar-refractivity contribution is 5.99. The Hall–Kier alpha value is -2.53. The first-order valence-corrected chi connectivity index (χ1v) is 6.43. The third-order valence-corrected chi connectivity index (χ3v) is 2.90. The Morgan fingerprint density at radius 2 is 1.57 bits per heavy atom. The Labute approximate surface area is 123 Å². The molecule has 0 saturated carbocycles. The molecule has 0 aromatic heterocycles. The fraction of sp³-hybridized carbons (Fsp3) is 0.188. The Morgan fingerprint density at radius 3 is 2.14 bits per heavy atom. The first-order chi connectivity index (χ1) is 10.3. The van der Waals surface area contributed by atoms with Gasteiger partial charge in [-0.2, -0.15) is 0 Å². The van der Waals surface area contributed by atoms with Crippen molar-refractivity contribution in [1.82, 2.24) is 5.48 Å². The minimum atomic E-state index is -0.416. The van der Waals surface area contributed by atoms with Gasteiger partial charge in [0.1, 0.15) is 17.1 Å². The molecule has 2 aromatic carbocycles. The summed E-state index contributed by atoms with van der Waals surface area (Å²) in [6, 6.07) is 14.7. The molecule has 0 radical (unpaired) electrons. The van der Waals surface area contributed by atoms with E-state index in [2.05, 4.69) is 5.48 Å².